The summed E-state index contributed by atoms with van der Waals surface area (Å²) in [6.07, 6.45) is -1.29. The molecule has 0 bridgehead atoms. The molecule has 9 heteroatoms. The van der Waals surface area contributed by atoms with Gasteiger partial charge in [-0.2, -0.15) is 0 Å². The van der Waals surface area contributed by atoms with Crippen molar-refractivity contribution in [1.82, 2.24) is 9.55 Å². The topological polar surface area (TPSA) is 140 Å². The minimum Gasteiger partial charge on any atom is -0.394 e. The molecular weight excluding hydrogens is 294 g/mol. The zero-order valence-electron chi connectivity index (χ0n) is 12.3. The maximum Gasteiger partial charge on any atom is 0.330 e. The molecule has 1 unspecified atom stereocenters. The molecule has 9 nitrogen and oxygen atoms in total. The molecule has 0 amide bonds. The Morgan fingerprint density at radius 2 is 2.23 bits per heavy atom. The molecule has 1 aromatic rings. The Labute approximate surface area is 126 Å². The number of aromatic amines is 1. The first-order valence-electron chi connectivity index (χ1n) is 7.05. The van der Waals surface area contributed by atoms with Crippen molar-refractivity contribution in [1.29, 1.82) is 0 Å². The number of aliphatic hydroxyl groups excluding tert-OH is 2. The van der Waals surface area contributed by atoms with E-state index in [0.29, 0.717) is 24.9 Å². The van der Waals surface area contributed by atoms with E-state index in [-0.39, 0.29) is 0 Å². The first kappa shape index (κ1) is 16.8. The van der Waals surface area contributed by atoms with Gasteiger partial charge in [0.05, 0.1) is 6.61 Å². The number of nitrogens with two attached hydrogens (primary N) is 1. The molecule has 2 heterocycles. The number of aromatic nitrogens is 2. The number of nitrogens with zero attached hydrogens (tertiary/aromatic N) is 1. The van der Waals surface area contributed by atoms with Crippen LogP contribution in [-0.4, -0.2) is 58.3 Å². The van der Waals surface area contributed by atoms with Crippen molar-refractivity contribution in [3.63, 3.8) is 0 Å². The van der Waals surface area contributed by atoms with E-state index >= 15 is 0 Å². The van der Waals surface area contributed by atoms with Gasteiger partial charge in [0.1, 0.15) is 18.3 Å². The Hall–Kier alpha value is -1.52. The minimum atomic E-state index is -1.08. The number of H-pyrrole nitrogens is 1. The highest BCUT2D eigenvalue weighted by Gasteiger charge is 2.45. The summed E-state index contributed by atoms with van der Waals surface area (Å²) in [4.78, 5) is 26.0. The average molecular weight is 315 g/mol. The minimum absolute atomic E-state index is 0.394. The molecule has 2 rings (SSSR count). The van der Waals surface area contributed by atoms with E-state index in [2.05, 4.69) is 4.98 Å². The van der Waals surface area contributed by atoms with E-state index in [1.165, 1.54) is 17.9 Å². The van der Waals surface area contributed by atoms with Gasteiger partial charge in [-0.25, -0.2) is 4.79 Å². The van der Waals surface area contributed by atoms with Gasteiger partial charge in [-0.3, -0.25) is 14.3 Å². The van der Waals surface area contributed by atoms with Gasteiger partial charge in [-0.1, -0.05) is 0 Å². The van der Waals surface area contributed by atoms with Crippen molar-refractivity contribution in [2.45, 2.75) is 37.4 Å². The van der Waals surface area contributed by atoms with Gasteiger partial charge in [-0.15, -0.1) is 0 Å². The second-order valence-corrected chi connectivity index (χ2v) is 5.15. The lowest BCUT2D eigenvalue weighted by molar-refractivity contribution is -0.0626. The molecule has 5 N–H and O–H groups in total. The standard InChI is InChI=1S/C13H21N3O6/c1-21-10-9(18)8(6-17)22-12(10)16-5-7(3-2-4-14)11(19)15-13(16)20/h5,8-10,12,17-18H,2-4,6,14H2,1H3,(H,15,19,20)/t8-,9?,10+,12-/m1/s1. The van der Waals surface area contributed by atoms with Crippen LogP contribution in [0, 0.1) is 0 Å². The van der Waals surface area contributed by atoms with Crippen molar-refractivity contribution in [2.75, 3.05) is 20.3 Å². The molecule has 1 aromatic heterocycles. The van der Waals surface area contributed by atoms with Gasteiger partial charge >= 0.3 is 5.69 Å². The molecule has 4 atom stereocenters. The van der Waals surface area contributed by atoms with Crippen molar-refractivity contribution >= 4 is 0 Å². The SMILES string of the molecule is CO[C@H]1C(O)[C@@H](CO)O[C@H]1n1cc(CCCN)c(=O)[nH]c1=O. The van der Waals surface area contributed by atoms with E-state index in [9.17, 15) is 19.8 Å². The van der Waals surface area contributed by atoms with E-state index < -0.39 is 42.4 Å². The fraction of sp³-hybridized carbons (Fsp3) is 0.692. The lowest BCUT2D eigenvalue weighted by Gasteiger charge is -2.20. The summed E-state index contributed by atoms with van der Waals surface area (Å²) in [6, 6.07) is 0. The Bertz CT molecular complexity index is 613. The van der Waals surface area contributed by atoms with Crippen LogP contribution in [0.25, 0.3) is 0 Å². The molecule has 0 spiro atoms. The molecule has 1 fully saturated rings. The summed E-state index contributed by atoms with van der Waals surface area (Å²) >= 11 is 0. The third-order valence-electron chi connectivity index (χ3n) is 3.73. The predicted octanol–water partition coefficient (Wildman–Crippen LogP) is -2.31. The maximum absolute atomic E-state index is 12.0. The Kier molecular flexibility index (Phi) is 5.48. The van der Waals surface area contributed by atoms with Crippen LogP contribution < -0.4 is 17.0 Å². The highest BCUT2D eigenvalue weighted by molar-refractivity contribution is 5.06. The summed E-state index contributed by atoms with van der Waals surface area (Å²) in [7, 11) is 1.37. The average Bonchev–Trinajstić information content (AvgIpc) is 2.82. The normalized spacial score (nSPS) is 28.2. The molecule has 124 valence electrons. The largest absolute Gasteiger partial charge is 0.394 e. The van der Waals surface area contributed by atoms with Crippen molar-refractivity contribution < 1.29 is 19.7 Å². The first-order chi connectivity index (χ1) is 10.5. The van der Waals surface area contributed by atoms with E-state index in [0.717, 1.165) is 0 Å². The molecule has 0 aromatic carbocycles. The Morgan fingerprint density at radius 1 is 1.50 bits per heavy atom. The number of rotatable bonds is 6. The fourth-order valence-electron chi connectivity index (χ4n) is 2.53. The quantitative estimate of drug-likeness (QED) is 0.462. The summed E-state index contributed by atoms with van der Waals surface area (Å²) in [5, 5.41) is 19.2. The molecule has 0 radical (unpaired) electrons. The van der Waals surface area contributed by atoms with Gasteiger partial charge in [-0.05, 0) is 19.4 Å². The molecular formula is C13H21N3O6. The van der Waals surface area contributed by atoms with Crippen LogP contribution in [-0.2, 0) is 15.9 Å². The number of nitrogens with one attached hydrogen (secondary N) is 1. The molecule has 0 aliphatic carbocycles. The van der Waals surface area contributed by atoms with Crippen molar-refractivity contribution in [2.24, 2.45) is 5.73 Å². The number of ether oxygens (including phenoxy) is 2. The highest BCUT2D eigenvalue weighted by Crippen LogP contribution is 2.30. The van der Waals surface area contributed by atoms with Crippen LogP contribution in [0.2, 0.25) is 0 Å². The van der Waals surface area contributed by atoms with E-state index in [1.807, 2.05) is 0 Å². The van der Waals surface area contributed by atoms with Crippen LogP contribution in [0.15, 0.2) is 15.8 Å². The third-order valence-corrected chi connectivity index (χ3v) is 3.73. The van der Waals surface area contributed by atoms with Crippen LogP contribution in [0.4, 0.5) is 0 Å². The van der Waals surface area contributed by atoms with Crippen LogP contribution >= 0.6 is 0 Å². The van der Waals surface area contributed by atoms with E-state index in [4.69, 9.17) is 15.2 Å². The zero-order chi connectivity index (χ0) is 16.3. The summed E-state index contributed by atoms with van der Waals surface area (Å²) in [5.41, 5.74) is 4.68. The van der Waals surface area contributed by atoms with Gasteiger partial charge in [0.25, 0.3) is 5.56 Å². The first-order valence-corrected chi connectivity index (χ1v) is 7.05. The highest BCUT2D eigenvalue weighted by atomic mass is 16.6. The Morgan fingerprint density at radius 3 is 2.82 bits per heavy atom. The second kappa shape index (κ2) is 7.16. The monoisotopic (exact) mass is 315 g/mol. The lowest BCUT2D eigenvalue weighted by atomic mass is 10.1. The summed E-state index contributed by atoms with van der Waals surface area (Å²) in [5.74, 6) is 0. The van der Waals surface area contributed by atoms with Gasteiger partial charge in [0, 0.05) is 18.9 Å². The second-order valence-electron chi connectivity index (χ2n) is 5.15. The number of hydrogen-bond donors (Lipinski definition) is 4. The smallest absolute Gasteiger partial charge is 0.330 e. The van der Waals surface area contributed by atoms with Crippen LogP contribution in [0.3, 0.4) is 0 Å². The number of aryl methyl sites for hydroxylation is 1. The molecule has 1 aliphatic rings. The van der Waals surface area contributed by atoms with Gasteiger partial charge in [0.15, 0.2) is 6.23 Å². The number of aliphatic hydroxyl groups is 2. The van der Waals surface area contributed by atoms with Crippen LogP contribution in [0.5, 0.6) is 0 Å². The molecule has 0 saturated carbocycles. The molecule has 22 heavy (non-hydrogen) atoms. The predicted molar refractivity (Wildman–Crippen MR) is 76.5 cm³/mol. The Balaban J connectivity index is 2.38. The van der Waals surface area contributed by atoms with Crippen LogP contribution in [0.1, 0.15) is 18.2 Å². The summed E-state index contributed by atoms with van der Waals surface area (Å²) < 4.78 is 11.8. The summed E-state index contributed by atoms with van der Waals surface area (Å²) in [6.45, 7) is 0.0140. The maximum atomic E-state index is 12.0. The van der Waals surface area contributed by atoms with E-state index in [1.54, 1.807) is 0 Å². The third kappa shape index (κ3) is 3.13. The molecule has 1 aliphatic heterocycles. The number of hydrogen-bond acceptors (Lipinski definition) is 7. The van der Waals surface area contributed by atoms with Crippen molar-refractivity contribution in [3.8, 4) is 0 Å². The lowest BCUT2D eigenvalue weighted by Crippen LogP contribution is -2.39. The number of methoxy groups -OCH3 is 1. The van der Waals surface area contributed by atoms with Gasteiger partial charge < -0.3 is 25.4 Å². The zero-order valence-corrected chi connectivity index (χ0v) is 12.3. The van der Waals surface area contributed by atoms with Crippen molar-refractivity contribution in [3.05, 3.63) is 32.6 Å². The fourth-order valence-corrected chi connectivity index (χ4v) is 2.53. The molecule has 1 saturated heterocycles. The van der Waals surface area contributed by atoms with Gasteiger partial charge in [0.2, 0.25) is 0 Å².